The van der Waals surface area contributed by atoms with Gasteiger partial charge in [-0.2, -0.15) is 0 Å². The zero-order valence-electron chi connectivity index (χ0n) is 17.0. The lowest BCUT2D eigenvalue weighted by atomic mass is 10.2. The zero-order chi connectivity index (χ0) is 17.9. The van der Waals surface area contributed by atoms with E-state index < -0.39 is 16.8 Å². The molecule has 0 saturated carbocycles. The molecule has 0 amide bonds. The van der Waals surface area contributed by atoms with Gasteiger partial charge >= 0.3 is 8.56 Å². The van der Waals surface area contributed by atoms with Crippen LogP contribution >= 0.6 is 0 Å². The molecule has 0 aliphatic carbocycles. The van der Waals surface area contributed by atoms with Crippen LogP contribution in [0.3, 0.4) is 0 Å². The Hall–Kier alpha value is 0.274. The van der Waals surface area contributed by atoms with E-state index in [2.05, 4.69) is 56.8 Å². The van der Waals surface area contributed by atoms with Gasteiger partial charge in [-0.1, -0.05) is 40.8 Å². The summed E-state index contributed by atoms with van der Waals surface area (Å²) in [7, 11) is 0.291. The minimum atomic E-state index is -1.94. The Morgan fingerprint density at radius 3 is 1.83 bits per heavy atom. The number of hydrogen-bond acceptors (Lipinski definition) is 4. The molecule has 4 nitrogen and oxygen atoms in total. The van der Waals surface area contributed by atoms with Crippen molar-refractivity contribution in [1.82, 2.24) is 9.47 Å². The van der Waals surface area contributed by atoms with Gasteiger partial charge in [0.2, 0.25) is 0 Å². The molecule has 23 heavy (non-hydrogen) atoms. The average molecular weight is 361 g/mol. The van der Waals surface area contributed by atoms with Crippen LogP contribution < -0.4 is 0 Å². The van der Waals surface area contributed by atoms with Crippen LogP contribution in [0.15, 0.2) is 0 Å². The molecular weight excluding hydrogens is 320 g/mol. The highest BCUT2D eigenvalue weighted by Gasteiger charge is 2.42. The van der Waals surface area contributed by atoms with Gasteiger partial charge in [0.15, 0.2) is 0 Å². The molecule has 0 spiro atoms. The highest BCUT2D eigenvalue weighted by atomic mass is 28.4. The van der Waals surface area contributed by atoms with E-state index >= 15 is 0 Å². The second-order valence-corrected chi connectivity index (χ2v) is 17.7. The van der Waals surface area contributed by atoms with Crippen LogP contribution in [0.1, 0.15) is 27.7 Å². The predicted molar refractivity (Wildman–Crippen MR) is 105 cm³/mol. The lowest BCUT2D eigenvalue weighted by molar-refractivity contribution is 0.159. The zero-order valence-corrected chi connectivity index (χ0v) is 19.0. The predicted octanol–water partition coefficient (Wildman–Crippen LogP) is 3.61. The van der Waals surface area contributed by atoms with Gasteiger partial charge in [0, 0.05) is 46.9 Å². The Balaban J connectivity index is 2.48. The standard InChI is InChI=1S/C17H40N2O2Si2/c1-16(15-23(9,20-5)21-6)14-18-10-12-19(13-11-18)22(7,8)17(2,3)4/h16H,10-15H2,1-9H3. The SMILES string of the molecule is CO[Si](C)(CC(C)CN1CCN([Si](C)(C)C(C)(C)C)CC1)OC. The fraction of sp³-hybridized carbons (Fsp3) is 1.00. The molecule has 138 valence electrons. The van der Waals surface area contributed by atoms with Crippen molar-refractivity contribution in [1.29, 1.82) is 0 Å². The van der Waals surface area contributed by atoms with Crippen LogP contribution in [-0.2, 0) is 8.85 Å². The smallest absolute Gasteiger partial charge is 0.334 e. The summed E-state index contributed by atoms with van der Waals surface area (Å²) in [6, 6.07) is 1.07. The van der Waals surface area contributed by atoms with Crippen molar-refractivity contribution >= 4 is 16.8 Å². The third-order valence-electron chi connectivity index (χ3n) is 6.15. The van der Waals surface area contributed by atoms with Gasteiger partial charge in [-0.3, -0.25) is 0 Å². The summed E-state index contributed by atoms with van der Waals surface area (Å²) in [4.78, 5) is 2.63. The molecule has 1 aliphatic rings. The molecule has 1 fully saturated rings. The lowest BCUT2D eigenvalue weighted by Gasteiger charge is -2.49. The first kappa shape index (κ1) is 21.3. The molecule has 0 aromatic rings. The number of hydrogen-bond donors (Lipinski definition) is 0. The van der Waals surface area contributed by atoms with Gasteiger partial charge in [-0.25, -0.2) is 0 Å². The Morgan fingerprint density at radius 1 is 0.957 bits per heavy atom. The molecular formula is C17H40N2O2Si2. The van der Waals surface area contributed by atoms with Crippen LogP contribution in [0.25, 0.3) is 0 Å². The molecule has 0 radical (unpaired) electrons. The van der Waals surface area contributed by atoms with Crippen molar-refractivity contribution in [3.63, 3.8) is 0 Å². The third kappa shape index (κ3) is 5.64. The van der Waals surface area contributed by atoms with Crippen LogP contribution in [0, 0.1) is 5.92 Å². The van der Waals surface area contributed by atoms with E-state index in [1.54, 1.807) is 14.2 Å². The van der Waals surface area contributed by atoms with E-state index in [0.29, 0.717) is 11.0 Å². The number of piperazine rings is 1. The van der Waals surface area contributed by atoms with Crippen molar-refractivity contribution in [3.8, 4) is 0 Å². The Labute approximate surface area is 146 Å². The van der Waals surface area contributed by atoms with Gasteiger partial charge in [0.25, 0.3) is 0 Å². The summed E-state index contributed by atoms with van der Waals surface area (Å²) in [5.41, 5.74) is 0. The topological polar surface area (TPSA) is 24.9 Å². The maximum Gasteiger partial charge on any atom is 0.334 e. The highest BCUT2D eigenvalue weighted by molar-refractivity contribution is 6.77. The summed E-state index contributed by atoms with van der Waals surface area (Å²) < 4.78 is 14.1. The molecule has 1 unspecified atom stereocenters. The molecule has 1 aliphatic heterocycles. The maximum absolute atomic E-state index is 5.64. The van der Waals surface area contributed by atoms with Crippen molar-refractivity contribution in [2.75, 3.05) is 46.9 Å². The first-order valence-electron chi connectivity index (χ1n) is 9.03. The minimum absolute atomic E-state index is 0.437. The van der Waals surface area contributed by atoms with E-state index in [9.17, 15) is 0 Å². The lowest BCUT2D eigenvalue weighted by Crippen LogP contribution is -2.61. The summed E-state index contributed by atoms with van der Waals surface area (Å²) >= 11 is 0. The van der Waals surface area contributed by atoms with Crippen LogP contribution in [0.5, 0.6) is 0 Å². The summed E-state index contributed by atoms with van der Waals surface area (Å²) in [5.74, 6) is 0.631. The van der Waals surface area contributed by atoms with Crippen LogP contribution in [0.4, 0.5) is 0 Å². The van der Waals surface area contributed by atoms with E-state index in [1.165, 1.54) is 32.7 Å². The molecule has 0 N–H and O–H groups in total. The van der Waals surface area contributed by atoms with E-state index in [1.807, 2.05) is 0 Å². The van der Waals surface area contributed by atoms with E-state index in [0.717, 1.165) is 6.04 Å². The first-order chi connectivity index (χ1) is 10.4. The van der Waals surface area contributed by atoms with Gasteiger partial charge < -0.3 is 18.3 Å². The van der Waals surface area contributed by atoms with Crippen LogP contribution in [-0.4, -0.2) is 73.2 Å². The molecule has 0 aromatic heterocycles. The van der Waals surface area contributed by atoms with Crippen molar-refractivity contribution in [2.45, 2.75) is 58.4 Å². The maximum atomic E-state index is 5.64. The molecule has 6 heteroatoms. The van der Waals surface area contributed by atoms with Crippen molar-refractivity contribution in [3.05, 3.63) is 0 Å². The second kappa shape index (κ2) is 8.10. The number of rotatable bonds is 7. The largest absolute Gasteiger partial charge is 0.398 e. The fourth-order valence-corrected chi connectivity index (χ4v) is 7.51. The minimum Gasteiger partial charge on any atom is -0.398 e. The molecule has 1 saturated heterocycles. The molecule has 0 bridgehead atoms. The Bertz CT molecular complexity index is 360. The van der Waals surface area contributed by atoms with Crippen molar-refractivity contribution < 1.29 is 8.85 Å². The summed E-state index contributed by atoms with van der Waals surface area (Å²) in [6.07, 6.45) is 0. The monoisotopic (exact) mass is 360 g/mol. The van der Waals surface area contributed by atoms with Gasteiger partial charge in [-0.15, -0.1) is 0 Å². The first-order valence-corrected chi connectivity index (χ1v) is 14.5. The second-order valence-electron chi connectivity index (χ2n) is 8.95. The van der Waals surface area contributed by atoms with E-state index in [4.69, 9.17) is 8.85 Å². The van der Waals surface area contributed by atoms with Gasteiger partial charge in [-0.05, 0) is 23.5 Å². The summed E-state index contributed by atoms with van der Waals surface area (Å²) in [6.45, 7) is 22.8. The molecule has 1 atom stereocenters. The van der Waals surface area contributed by atoms with Crippen LogP contribution in [0.2, 0.25) is 30.7 Å². The van der Waals surface area contributed by atoms with Crippen molar-refractivity contribution in [2.24, 2.45) is 5.92 Å². The van der Waals surface area contributed by atoms with Gasteiger partial charge in [0.1, 0.15) is 8.24 Å². The van der Waals surface area contributed by atoms with Gasteiger partial charge in [0.05, 0.1) is 0 Å². The average Bonchev–Trinajstić information content (AvgIpc) is 2.46. The summed E-state index contributed by atoms with van der Waals surface area (Å²) in [5, 5.41) is 0.437. The number of nitrogens with zero attached hydrogens (tertiary/aromatic N) is 2. The quantitative estimate of drug-likeness (QED) is 0.648. The molecule has 1 rings (SSSR count). The molecule has 1 heterocycles. The Kier molecular flexibility index (Phi) is 7.51. The Morgan fingerprint density at radius 2 is 1.43 bits per heavy atom. The third-order valence-corrected chi connectivity index (χ3v) is 15.0. The fourth-order valence-electron chi connectivity index (χ4n) is 3.35. The highest BCUT2D eigenvalue weighted by Crippen LogP contribution is 2.38. The van der Waals surface area contributed by atoms with E-state index in [-0.39, 0.29) is 0 Å². The molecule has 0 aromatic carbocycles. The normalized spacial score (nSPS) is 20.7.